The van der Waals surface area contributed by atoms with Crippen LogP contribution in [0.1, 0.15) is 163 Å². The van der Waals surface area contributed by atoms with Crippen molar-refractivity contribution in [2.75, 3.05) is 6.54 Å². The van der Waals surface area contributed by atoms with Gasteiger partial charge in [-0.25, -0.2) is 0 Å². The van der Waals surface area contributed by atoms with Gasteiger partial charge in [0.25, 0.3) is 0 Å². The molecule has 1 aromatic rings. The maximum Gasteiger partial charge on any atom is 0.0838 e. The van der Waals surface area contributed by atoms with Crippen LogP contribution in [0.4, 0.5) is 0 Å². The summed E-state index contributed by atoms with van der Waals surface area (Å²) in [5.74, 6) is 0.401. The normalized spacial score (nSPS) is 25.1. The number of hydrogen-bond donors (Lipinski definition) is 4. The molecule has 0 saturated carbocycles. The van der Waals surface area contributed by atoms with Crippen LogP contribution >= 0.6 is 0 Å². The van der Waals surface area contributed by atoms with E-state index in [0.29, 0.717) is 5.92 Å². The smallest absolute Gasteiger partial charge is 0.0838 e. The van der Waals surface area contributed by atoms with E-state index in [1.807, 2.05) is 0 Å². The molecule has 0 aromatic heterocycles. The van der Waals surface area contributed by atoms with Gasteiger partial charge in [-0.3, -0.25) is 16.0 Å². The number of benzene rings is 1. The zero-order valence-corrected chi connectivity index (χ0v) is 32.7. The number of rotatable bonds is 16. The molecule has 3 atom stereocenters. The van der Waals surface area contributed by atoms with E-state index in [2.05, 4.69) is 125 Å². The highest BCUT2D eigenvalue weighted by atomic mass is 15.4. The van der Waals surface area contributed by atoms with Crippen LogP contribution in [0, 0.1) is 16.7 Å². The van der Waals surface area contributed by atoms with Gasteiger partial charge in [-0.2, -0.15) is 0 Å². The van der Waals surface area contributed by atoms with Crippen molar-refractivity contribution in [3.05, 3.63) is 76.5 Å². The lowest BCUT2D eigenvalue weighted by molar-refractivity contribution is 0.0756. The van der Waals surface area contributed by atoms with Crippen molar-refractivity contribution in [2.45, 2.75) is 176 Å². The number of dihydropyridines is 1. The van der Waals surface area contributed by atoms with Crippen LogP contribution in [0.3, 0.4) is 0 Å². The highest BCUT2D eigenvalue weighted by molar-refractivity contribution is 5.87. The summed E-state index contributed by atoms with van der Waals surface area (Å²) in [6.45, 7) is 19.5. The summed E-state index contributed by atoms with van der Waals surface area (Å²) in [5, 5.41) is 15.6. The van der Waals surface area contributed by atoms with Gasteiger partial charge in [0.15, 0.2) is 0 Å². The molecule has 4 heteroatoms. The van der Waals surface area contributed by atoms with E-state index >= 15 is 0 Å². The molecular weight excluding hydrogens is 597 g/mol. The van der Waals surface area contributed by atoms with Crippen LogP contribution in [0.5, 0.6) is 0 Å². The van der Waals surface area contributed by atoms with E-state index in [4.69, 9.17) is 0 Å². The molecule has 0 bridgehead atoms. The summed E-state index contributed by atoms with van der Waals surface area (Å²) in [4.78, 5) is 0. The van der Waals surface area contributed by atoms with Crippen molar-refractivity contribution in [2.24, 2.45) is 16.7 Å². The SMILES string of the molecule is CCCCCCCCC1(CCCCCCCC)C2=C(C=CC(C3=CC=C(C4NC(C(C)(C)C)NC(C(C)(C)C)N4)CN3)C2)c2ccccc21. The fraction of sp³-hybridized carbons (Fsp3) is 0.689. The van der Waals surface area contributed by atoms with E-state index in [1.54, 1.807) is 16.7 Å². The van der Waals surface area contributed by atoms with E-state index in [9.17, 15) is 0 Å². The summed E-state index contributed by atoms with van der Waals surface area (Å²) in [6, 6.07) is 9.49. The summed E-state index contributed by atoms with van der Waals surface area (Å²) < 4.78 is 0. The maximum atomic E-state index is 3.93. The van der Waals surface area contributed by atoms with Crippen molar-refractivity contribution in [1.82, 2.24) is 21.3 Å². The number of unbranched alkanes of at least 4 members (excludes halogenated alkanes) is 10. The lowest BCUT2D eigenvalue weighted by Gasteiger charge is -2.49. The molecule has 2 aliphatic carbocycles. The summed E-state index contributed by atoms with van der Waals surface area (Å²) in [7, 11) is 0. The first-order chi connectivity index (χ1) is 23.5. The molecular formula is C45H72N4. The minimum atomic E-state index is 0.113. The lowest BCUT2D eigenvalue weighted by Crippen LogP contribution is -2.73. The molecule has 1 fully saturated rings. The molecule has 5 rings (SSSR count). The van der Waals surface area contributed by atoms with E-state index in [0.717, 1.165) is 13.0 Å². The van der Waals surface area contributed by atoms with Crippen LogP contribution in [0.15, 0.2) is 65.4 Å². The first-order valence-corrected chi connectivity index (χ1v) is 20.4. The molecule has 4 nitrogen and oxygen atoms in total. The highest BCUT2D eigenvalue weighted by Gasteiger charge is 2.45. The summed E-state index contributed by atoms with van der Waals surface area (Å²) >= 11 is 0. The van der Waals surface area contributed by atoms with E-state index in [1.165, 1.54) is 107 Å². The first kappa shape index (κ1) is 38.1. The minimum absolute atomic E-state index is 0.113. The molecule has 3 unspecified atom stereocenters. The predicted octanol–water partition coefficient (Wildman–Crippen LogP) is 11.0. The van der Waals surface area contributed by atoms with Gasteiger partial charge in [0.1, 0.15) is 0 Å². The van der Waals surface area contributed by atoms with Gasteiger partial charge in [0.05, 0.1) is 18.5 Å². The third-order valence-electron chi connectivity index (χ3n) is 11.9. The maximum absolute atomic E-state index is 3.93. The van der Waals surface area contributed by atoms with Crippen molar-refractivity contribution >= 4 is 5.57 Å². The van der Waals surface area contributed by atoms with Crippen LogP contribution in [0.2, 0.25) is 0 Å². The Kier molecular flexibility index (Phi) is 13.2. The summed E-state index contributed by atoms with van der Waals surface area (Å²) in [6.07, 6.45) is 30.5. The predicted molar refractivity (Wildman–Crippen MR) is 212 cm³/mol. The standard InChI is InChI=1S/C45H72N4/c1-9-11-13-15-17-21-29-45(30-22-18-16-14-12-10-2)37-24-20-19-23-35(37)36-27-25-33(31-38(36)45)39-28-26-34(32-46-39)40-47-41(43(3,4)5)49-42(48-40)44(6,7)8/h19-20,23-28,33,40-42,46-49H,9-18,21-22,29-32H2,1-8H3. The molecule has 0 amide bonds. The third kappa shape index (κ3) is 9.21. The van der Waals surface area contributed by atoms with Crippen molar-refractivity contribution in [1.29, 1.82) is 0 Å². The Morgan fingerprint density at radius 2 is 1.27 bits per heavy atom. The Labute approximate surface area is 301 Å². The molecule has 2 aliphatic heterocycles. The number of hydrogen-bond acceptors (Lipinski definition) is 4. The molecule has 2 heterocycles. The highest BCUT2D eigenvalue weighted by Crippen LogP contribution is 2.56. The van der Waals surface area contributed by atoms with Crippen LogP contribution in [-0.4, -0.2) is 25.0 Å². The molecule has 1 saturated heterocycles. The Balaban J connectivity index is 1.36. The second kappa shape index (κ2) is 16.9. The first-order valence-electron chi connectivity index (χ1n) is 20.4. The zero-order valence-electron chi connectivity index (χ0n) is 32.7. The second-order valence-electron chi connectivity index (χ2n) is 18.0. The van der Waals surface area contributed by atoms with E-state index in [-0.39, 0.29) is 34.7 Å². The van der Waals surface area contributed by atoms with E-state index < -0.39 is 0 Å². The molecule has 1 aromatic carbocycles. The van der Waals surface area contributed by atoms with Gasteiger partial charge in [0, 0.05) is 23.6 Å². The second-order valence-corrected chi connectivity index (χ2v) is 18.0. The average Bonchev–Trinajstić information content (AvgIpc) is 3.36. The van der Waals surface area contributed by atoms with Crippen LogP contribution < -0.4 is 21.3 Å². The molecule has 272 valence electrons. The monoisotopic (exact) mass is 669 g/mol. The molecule has 4 N–H and O–H groups in total. The van der Waals surface area contributed by atoms with Crippen molar-refractivity contribution < 1.29 is 0 Å². The summed E-state index contributed by atoms with van der Waals surface area (Å²) in [5.41, 5.74) is 9.61. The molecule has 49 heavy (non-hydrogen) atoms. The Hall–Kier alpha value is -2.14. The largest absolute Gasteiger partial charge is 0.384 e. The Morgan fingerprint density at radius 3 is 1.82 bits per heavy atom. The van der Waals surface area contributed by atoms with Gasteiger partial charge in [-0.15, -0.1) is 0 Å². The lowest BCUT2D eigenvalue weighted by atomic mass is 9.67. The number of nitrogens with one attached hydrogen (secondary N) is 4. The number of fused-ring (bicyclic) bond motifs is 2. The van der Waals surface area contributed by atoms with Gasteiger partial charge in [-0.1, -0.05) is 181 Å². The topological polar surface area (TPSA) is 48.1 Å². The van der Waals surface area contributed by atoms with Gasteiger partial charge >= 0.3 is 0 Å². The van der Waals surface area contributed by atoms with Crippen LogP contribution in [0.25, 0.3) is 5.57 Å². The fourth-order valence-electron chi connectivity index (χ4n) is 8.87. The quantitative estimate of drug-likeness (QED) is 0.132. The van der Waals surface area contributed by atoms with Crippen LogP contribution in [-0.2, 0) is 5.41 Å². The molecule has 0 spiro atoms. The average molecular weight is 669 g/mol. The van der Waals surface area contributed by atoms with Crippen molar-refractivity contribution in [3.63, 3.8) is 0 Å². The van der Waals surface area contributed by atoms with Gasteiger partial charge in [-0.05, 0) is 58.4 Å². The van der Waals surface area contributed by atoms with Gasteiger partial charge in [0.2, 0.25) is 0 Å². The molecule has 0 radical (unpaired) electrons. The van der Waals surface area contributed by atoms with Gasteiger partial charge < -0.3 is 5.32 Å². The zero-order chi connectivity index (χ0) is 35.1. The third-order valence-corrected chi connectivity index (χ3v) is 11.9. The Bertz CT molecular complexity index is 1310. The fourth-order valence-corrected chi connectivity index (χ4v) is 8.87. The molecule has 4 aliphatic rings. The Morgan fingerprint density at radius 1 is 0.694 bits per heavy atom. The van der Waals surface area contributed by atoms with Crippen molar-refractivity contribution in [3.8, 4) is 0 Å². The minimum Gasteiger partial charge on any atom is -0.384 e. The number of allylic oxidation sites excluding steroid dienone is 6.